The number of thiophene rings is 1. The second kappa shape index (κ2) is 11.3. The number of fused-ring (bicyclic) bond motifs is 2. The second-order valence-corrected chi connectivity index (χ2v) is 10.4. The number of ether oxygens (including phenoxy) is 1. The molecule has 0 bridgehead atoms. The van der Waals surface area contributed by atoms with E-state index in [1.165, 1.54) is 29.8 Å². The molecule has 1 aliphatic rings. The molecule has 0 saturated carbocycles. The van der Waals surface area contributed by atoms with Gasteiger partial charge in [-0.2, -0.15) is 5.10 Å². The van der Waals surface area contributed by atoms with Gasteiger partial charge in [-0.15, -0.1) is 11.3 Å². The SMILES string of the molecule is CCNC(=O)O[C@@H]1CN[C@H](C#Cc2cc3c(Nc4ccc5c(cnn5Cc5cccc(F)c5)c4)ncnc3s2)C1. The third kappa shape index (κ3) is 5.73. The van der Waals surface area contributed by atoms with E-state index in [4.69, 9.17) is 4.74 Å². The van der Waals surface area contributed by atoms with Crippen LogP contribution >= 0.6 is 11.3 Å². The third-order valence-corrected chi connectivity index (χ3v) is 7.47. The van der Waals surface area contributed by atoms with Crippen LogP contribution in [0.5, 0.6) is 0 Å². The van der Waals surface area contributed by atoms with Gasteiger partial charge >= 0.3 is 6.09 Å². The molecule has 2 aromatic carbocycles. The zero-order chi connectivity index (χ0) is 27.5. The number of hydrogen-bond donors (Lipinski definition) is 3. The Balaban J connectivity index is 1.16. The van der Waals surface area contributed by atoms with Crippen LogP contribution in [0.25, 0.3) is 21.1 Å². The molecule has 3 aromatic heterocycles. The van der Waals surface area contributed by atoms with Crippen LogP contribution in [0.1, 0.15) is 23.8 Å². The van der Waals surface area contributed by atoms with Crippen LogP contribution < -0.4 is 16.0 Å². The van der Waals surface area contributed by atoms with Crippen molar-refractivity contribution in [3.8, 4) is 11.8 Å². The Morgan fingerprint density at radius 2 is 2.17 bits per heavy atom. The van der Waals surface area contributed by atoms with Crippen molar-refractivity contribution in [3.63, 3.8) is 0 Å². The molecular formula is C29H26FN7O2S. The Morgan fingerprint density at radius 1 is 1.25 bits per heavy atom. The molecule has 0 unspecified atom stereocenters. The molecule has 11 heteroatoms. The summed E-state index contributed by atoms with van der Waals surface area (Å²) in [6.45, 7) is 3.45. The summed E-state index contributed by atoms with van der Waals surface area (Å²) in [5, 5.41) is 15.7. The Labute approximate surface area is 233 Å². The van der Waals surface area contributed by atoms with Gasteiger partial charge in [-0.3, -0.25) is 10.00 Å². The average molecular weight is 556 g/mol. The number of nitrogens with one attached hydrogen (secondary N) is 3. The number of halogens is 1. The highest BCUT2D eigenvalue weighted by Gasteiger charge is 2.25. The van der Waals surface area contributed by atoms with Crippen molar-refractivity contribution < 1.29 is 13.9 Å². The Morgan fingerprint density at radius 3 is 3.05 bits per heavy atom. The molecule has 1 amide bonds. The van der Waals surface area contributed by atoms with Crippen LogP contribution in [0.4, 0.5) is 20.7 Å². The summed E-state index contributed by atoms with van der Waals surface area (Å²) >= 11 is 1.50. The molecule has 3 N–H and O–H groups in total. The fraction of sp³-hybridized carbons (Fsp3) is 0.241. The van der Waals surface area contributed by atoms with E-state index in [0.717, 1.165) is 37.2 Å². The number of anilines is 2. The maximum Gasteiger partial charge on any atom is 0.407 e. The van der Waals surface area contributed by atoms with Crippen LogP contribution in [0.2, 0.25) is 0 Å². The predicted octanol–water partition coefficient (Wildman–Crippen LogP) is 4.80. The van der Waals surface area contributed by atoms with Crippen LogP contribution in [-0.4, -0.2) is 51.1 Å². The lowest BCUT2D eigenvalue weighted by molar-refractivity contribution is 0.107. The van der Waals surface area contributed by atoms with Crippen molar-refractivity contribution in [2.24, 2.45) is 0 Å². The predicted molar refractivity (Wildman–Crippen MR) is 153 cm³/mol. The lowest BCUT2D eigenvalue weighted by atomic mass is 10.2. The smallest absolute Gasteiger partial charge is 0.407 e. The normalized spacial score (nSPS) is 16.6. The topological polar surface area (TPSA) is 106 Å². The Kier molecular flexibility index (Phi) is 7.27. The molecule has 5 aromatic rings. The molecule has 1 aliphatic heterocycles. The molecule has 1 fully saturated rings. The zero-order valence-corrected chi connectivity index (χ0v) is 22.5. The molecule has 4 heterocycles. The summed E-state index contributed by atoms with van der Waals surface area (Å²) in [6, 6.07) is 14.5. The van der Waals surface area contributed by atoms with E-state index in [-0.39, 0.29) is 18.0 Å². The van der Waals surface area contributed by atoms with Gasteiger partial charge in [-0.25, -0.2) is 19.2 Å². The molecule has 40 heavy (non-hydrogen) atoms. The largest absolute Gasteiger partial charge is 0.445 e. The molecule has 9 nitrogen and oxygen atoms in total. The van der Waals surface area contributed by atoms with Crippen molar-refractivity contribution in [2.75, 3.05) is 18.4 Å². The molecule has 0 spiro atoms. The monoisotopic (exact) mass is 555 g/mol. The van der Waals surface area contributed by atoms with Gasteiger partial charge < -0.3 is 15.4 Å². The third-order valence-electron chi connectivity index (χ3n) is 6.51. The molecule has 1 saturated heterocycles. The minimum absolute atomic E-state index is 0.0538. The lowest BCUT2D eigenvalue weighted by Crippen LogP contribution is -2.29. The fourth-order valence-corrected chi connectivity index (χ4v) is 5.51. The number of carbonyl (C=O) groups excluding carboxylic acids is 1. The number of hydrogen-bond acceptors (Lipinski definition) is 8. The fourth-order valence-electron chi connectivity index (χ4n) is 4.65. The van der Waals surface area contributed by atoms with E-state index in [0.29, 0.717) is 31.9 Å². The van der Waals surface area contributed by atoms with E-state index in [1.807, 2.05) is 41.9 Å². The first-order valence-corrected chi connectivity index (χ1v) is 13.8. The first-order valence-electron chi connectivity index (χ1n) is 12.9. The summed E-state index contributed by atoms with van der Waals surface area (Å²) in [7, 11) is 0. The van der Waals surface area contributed by atoms with Gasteiger partial charge in [0.1, 0.15) is 28.9 Å². The van der Waals surface area contributed by atoms with Crippen molar-refractivity contribution in [1.29, 1.82) is 0 Å². The van der Waals surface area contributed by atoms with Crippen molar-refractivity contribution in [3.05, 3.63) is 77.3 Å². The van der Waals surface area contributed by atoms with E-state index >= 15 is 0 Å². The standard InChI is InChI=1S/C29H26FN7O2S/c1-2-31-29(38)39-23-12-21(32-15-23)6-8-24-13-25-27(33-17-34-28(25)40-24)36-22-7-9-26-19(11-22)14-35-37(26)16-18-4-3-5-20(30)10-18/h3-5,7,9-11,13-14,17,21,23,32H,2,12,15-16H2,1H3,(H,31,38)(H,33,34,36)/t21-,23+/m1/s1. The molecule has 0 radical (unpaired) electrons. The van der Waals surface area contributed by atoms with Crippen LogP contribution in [0.15, 0.2) is 61.1 Å². The molecular weight excluding hydrogens is 529 g/mol. The summed E-state index contributed by atoms with van der Waals surface area (Å²) < 4.78 is 20.8. The van der Waals surface area contributed by atoms with Gasteiger partial charge in [-0.1, -0.05) is 24.0 Å². The first kappa shape index (κ1) is 25.7. The van der Waals surface area contributed by atoms with E-state index in [9.17, 15) is 9.18 Å². The van der Waals surface area contributed by atoms with Gasteiger partial charge in [0.25, 0.3) is 0 Å². The van der Waals surface area contributed by atoms with Crippen LogP contribution in [-0.2, 0) is 11.3 Å². The van der Waals surface area contributed by atoms with E-state index < -0.39 is 6.09 Å². The number of aromatic nitrogens is 4. The van der Waals surface area contributed by atoms with Gasteiger partial charge in [0, 0.05) is 30.6 Å². The summed E-state index contributed by atoms with van der Waals surface area (Å²) in [5.41, 5.74) is 2.67. The maximum atomic E-state index is 13.6. The number of carbonyl (C=O) groups is 1. The van der Waals surface area contributed by atoms with E-state index in [2.05, 4.69) is 42.9 Å². The highest BCUT2D eigenvalue weighted by atomic mass is 32.1. The molecule has 202 valence electrons. The number of nitrogens with zero attached hydrogens (tertiary/aromatic N) is 4. The number of alkyl carbamates (subject to hydrolysis) is 1. The van der Waals surface area contributed by atoms with Crippen molar-refractivity contribution in [2.45, 2.75) is 32.0 Å². The minimum Gasteiger partial charge on any atom is -0.445 e. The Bertz CT molecular complexity index is 1760. The van der Waals surface area contributed by atoms with Gasteiger partial charge in [0.15, 0.2) is 0 Å². The Hall–Kier alpha value is -4.53. The van der Waals surface area contributed by atoms with Gasteiger partial charge in [0.2, 0.25) is 0 Å². The van der Waals surface area contributed by atoms with E-state index in [1.54, 1.807) is 12.3 Å². The first-order chi connectivity index (χ1) is 19.5. The molecule has 6 rings (SSSR count). The maximum absolute atomic E-state index is 13.6. The highest BCUT2D eigenvalue weighted by molar-refractivity contribution is 7.19. The zero-order valence-electron chi connectivity index (χ0n) is 21.6. The summed E-state index contributed by atoms with van der Waals surface area (Å²) in [4.78, 5) is 22.3. The number of rotatable bonds is 6. The highest BCUT2D eigenvalue weighted by Crippen LogP contribution is 2.30. The second-order valence-electron chi connectivity index (χ2n) is 9.41. The quantitative estimate of drug-likeness (QED) is 0.259. The minimum atomic E-state index is -0.400. The molecule has 0 aliphatic carbocycles. The van der Waals surface area contributed by atoms with Gasteiger partial charge in [0.05, 0.1) is 34.6 Å². The van der Waals surface area contributed by atoms with Crippen LogP contribution in [0.3, 0.4) is 0 Å². The van der Waals surface area contributed by atoms with Crippen LogP contribution in [0, 0.1) is 17.7 Å². The van der Waals surface area contributed by atoms with Crippen molar-refractivity contribution >= 4 is 50.1 Å². The number of benzene rings is 2. The lowest BCUT2D eigenvalue weighted by Gasteiger charge is -2.10. The number of amides is 1. The van der Waals surface area contributed by atoms with Crippen molar-refractivity contribution in [1.82, 2.24) is 30.4 Å². The summed E-state index contributed by atoms with van der Waals surface area (Å²) in [6.07, 6.45) is 3.39. The summed E-state index contributed by atoms with van der Waals surface area (Å²) in [5.74, 6) is 6.91. The average Bonchev–Trinajstić information content (AvgIpc) is 3.67. The van der Waals surface area contributed by atoms with Gasteiger partial charge in [-0.05, 0) is 48.9 Å². The molecule has 2 atom stereocenters.